The van der Waals surface area contributed by atoms with Crippen molar-refractivity contribution in [2.75, 3.05) is 26.2 Å². The maximum atomic E-state index is 5.71. The Morgan fingerprint density at radius 2 is 2.22 bits per heavy atom. The number of hydrogen-bond donors (Lipinski definition) is 1. The number of nitrogens with one attached hydrogen (secondary N) is 1. The predicted molar refractivity (Wildman–Crippen MR) is 75.9 cm³/mol. The minimum Gasteiger partial charge on any atom is -0.378 e. The zero-order valence-electron chi connectivity index (χ0n) is 12.2. The molecule has 3 atom stereocenters. The van der Waals surface area contributed by atoms with Crippen LogP contribution < -0.4 is 5.32 Å². The predicted octanol–water partition coefficient (Wildman–Crippen LogP) is 2.41. The Balaban J connectivity index is 1.65. The third-order valence-corrected chi connectivity index (χ3v) is 4.46. The summed E-state index contributed by atoms with van der Waals surface area (Å²) in [5, 5.41) is 3.67. The molecule has 0 bridgehead atoms. The summed E-state index contributed by atoms with van der Waals surface area (Å²) in [6, 6.07) is 1.48. The zero-order chi connectivity index (χ0) is 12.8. The van der Waals surface area contributed by atoms with Crippen LogP contribution in [0, 0.1) is 0 Å². The van der Waals surface area contributed by atoms with Crippen molar-refractivity contribution in [3.05, 3.63) is 0 Å². The average molecular weight is 254 g/mol. The van der Waals surface area contributed by atoms with Crippen molar-refractivity contribution in [1.82, 2.24) is 10.2 Å². The van der Waals surface area contributed by atoms with E-state index in [0.29, 0.717) is 6.10 Å². The highest BCUT2D eigenvalue weighted by atomic mass is 16.5. The first-order valence-corrected chi connectivity index (χ1v) is 7.88. The van der Waals surface area contributed by atoms with Gasteiger partial charge in [-0.15, -0.1) is 0 Å². The van der Waals surface area contributed by atoms with E-state index >= 15 is 0 Å². The van der Waals surface area contributed by atoms with E-state index in [4.69, 9.17) is 4.74 Å². The van der Waals surface area contributed by atoms with E-state index in [2.05, 4.69) is 24.1 Å². The number of hydrogen-bond acceptors (Lipinski definition) is 3. The molecule has 18 heavy (non-hydrogen) atoms. The second-order valence-electron chi connectivity index (χ2n) is 5.98. The van der Waals surface area contributed by atoms with Crippen LogP contribution in [0.1, 0.15) is 52.4 Å². The fourth-order valence-electron chi connectivity index (χ4n) is 3.27. The summed E-state index contributed by atoms with van der Waals surface area (Å²) in [4.78, 5) is 2.66. The minimum absolute atomic E-state index is 0.549. The first-order chi connectivity index (χ1) is 8.79. The molecule has 2 fully saturated rings. The topological polar surface area (TPSA) is 24.5 Å². The molecule has 0 saturated carbocycles. The van der Waals surface area contributed by atoms with Gasteiger partial charge >= 0.3 is 0 Å². The number of ether oxygens (including phenoxy) is 1. The lowest BCUT2D eigenvalue weighted by Gasteiger charge is -2.38. The Labute approximate surface area is 112 Å². The van der Waals surface area contributed by atoms with E-state index in [1.54, 1.807) is 0 Å². The highest BCUT2D eigenvalue weighted by Crippen LogP contribution is 2.20. The largest absolute Gasteiger partial charge is 0.378 e. The molecule has 2 aliphatic rings. The van der Waals surface area contributed by atoms with Crippen LogP contribution in [0.5, 0.6) is 0 Å². The van der Waals surface area contributed by atoms with E-state index in [9.17, 15) is 0 Å². The zero-order valence-corrected chi connectivity index (χ0v) is 12.2. The van der Waals surface area contributed by atoms with Gasteiger partial charge in [-0.05, 0) is 58.5 Å². The van der Waals surface area contributed by atoms with Crippen LogP contribution in [-0.2, 0) is 4.74 Å². The molecule has 0 radical (unpaired) electrons. The molecule has 1 N–H and O–H groups in total. The standard InChI is InChI=1S/C15H30N2O/c1-3-8-16-14-6-9-17(13(2)12-14)10-7-15-5-4-11-18-15/h13-16H,3-12H2,1-2H3. The van der Waals surface area contributed by atoms with E-state index < -0.39 is 0 Å². The quantitative estimate of drug-likeness (QED) is 0.788. The summed E-state index contributed by atoms with van der Waals surface area (Å²) in [5.74, 6) is 0. The third-order valence-electron chi connectivity index (χ3n) is 4.46. The summed E-state index contributed by atoms with van der Waals surface area (Å²) in [6.07, 6.45) is 8.20. The van der Waals surface area contributed by atoms with Gasteiger partial charge in [0.05, 0.1) is 6.10 Å². The normalized spacial score (nSPS) is 34.0. The summed E-state index contributed by atoms with van der Waals surface area (Å²) in [7, 11) is 0. The molecule has 3 unspecified atom stereocenters. The molecule has 2 heterocycles. The molecule has 2 rings (SSSR count). The molecule has 106 valence electrons. The molecular formula is C15H30N2O. The van der Waals surface area contributed by atoms with Crippen molar-refractivity contribution in [3.8, 4) is 0 Å². The van der Waals surface area contributed by atoms with Gasteiger partial charge in [-0.3, -0.25) is 0 Å². The van der Waals surface area contributed by atoms with E-state index in [1.165, 1.54) is 58.2 Å². The Bertz CT molecular complexity index is 229. The third kappa shape index (κ3) is 4.22. The van der Waals surface area contributed by atoms with Crippen molar-refractivity contribution in [2.45, 2.75) is 70.6 Å². The fraction of sp³-hybridized carbons (Fsp3) is 1.00. The van der Waals surface area contributed by atoms with Gasteiger partial charge in [0.25, 0.3) is 0 Å². The number of likely N-dealkylation sites (tertiary alicyclic amines) is 1. The van der Waals surface area contributed by atoms with Crippen molar-refractivity contribution < 1.29 is 4.74 Å². The van der Waals surface area contributed by atoms with Gasteiger partial charge in [0.1, 0.15) is 0 Å². The van der Waals surface area contributed by atoms with Crippen molar-refractivity contribution in [3.63, 3.8) is 0 Å². The second kappa shape index (κ2) is 7.46. The van der Waals surface area contributed by atoms with Crippen LogP contribution in [0.15, 0.2) is 0 Å². The highest BCUT2D eigenvalue weighted by Gasteiger charge is 2.25. The van der Waals surface area contributed by atoms with E-state index in [1.807, 2.05) is 0 Å². The van der Waals surface area contributed by atoms with Crippen LogP contribution in [0.2, 0.25) is 0 Å². The maximum absolute atomic E-state index is 5.71. The smallest absolute Gasteiger partial charge is 0.0588 e. The molecule has 0 amide bonds. The van der Waals surface area contributed by atoms with Gasteiger partial charge in [-0.1, -0.05) is 6.92 Å². The lowest BCUT2D eigenvalue weighted by molar-refractivity contribution is 0.0734. The van der Waals surface area contributed by atoms with Gasteiger partial charge in [0.15, 0.2) is 0 Å². The summed E-state index contributed by atoms with van der Waals surface area (Å²) in [6.45, 7) is 9.28. The Morgan fingerprint density at radius 1 is 1.33 bits per heavy atom. The van der Waals surface area contributed by atoms with E-state index in [-0.39, 0.29) is 0 Å². The molecule has 0 spiro atoms. The molecule has 0 aromatic heterocycles. The second-order valence-corrected chi connectivity index (χ2v) is 5.98. The molecule has 0 aliphatic carbocycles. The summed E-state index contributed by atoms with van der Waals surface area (Å²) < 4.78 is 5.71. The van der Waals surface area contributed by atoms with Crippen molar-refractivity contribution in [2.24, 2.45) is 0 Å². The SMILES string of the molecule is CCCNC1CCN(CCC2CCCO2)C(C)C1. The molecule has 2 aliphatic heterocycles. The summed E-state index contributed by atoms with van der Waals surface area (Å²) in [5.41, 5.74) is 0. The Kier molecular flexibility index (Phi) is 5.93. The van der Waals surface area contributed by atoms with E-state index in [0.717, 1.165) is 18.7 Å². The van der Waals surface area contributed by atoms with Gasteiger partial charge in [-0.25, -0.2) is 0 Å². The molecular weight excluding hydrogens is 224 g/mol. The van der Waals surface area contributed by atoms with Crippen molar-refractivity contribution >= 4 is 0 Å². The van der Waals surface area contributed by atoms with Crippen LogP contribution in [0.3, 0.4) is 0 Å². The van der Waals surface area contributed by atoms with Gasteiger partial charge in [-0.2, -0.15) is 0 Å². The van der Waals surface area contributed by atoms with Crippen LogP contribution in [-0.4, -0.2) is 49.3 Å². The molecule has 3 heteroatoms. The molecule has 3 nitrogen and oxygen atoms in total. The number of nitrogens with zero attached hydrogens (tertiary/aromatic N) is 1. The number of piperidine rings is 1. The van der Waals surface area contributed by atoms with Gasteiger partial charge < -0.3 is 15.0 Å². The first kappa shape index (κ1) is 14.3. The fourth-order valence-corrected chi connectivity index (χ4v) is 3.27. The maximum Gasteiger partial charge on any atom is 0.0588 e. The molecule has 2 saturated heterocycles. The number of rotatable bonds is 6. The van der Waals surface area contributed by atoms with Crippen LogP contribution in [0.4, 0.5) is 0 Å². The van der Waals surface area contributed by atoms with Crippen LogP contribution in [0.25, 0.3) is 0 Å². The molecule has 0 aromatic carbocycles. The Morgan fingerprint density at radius 3 is 2.89 bits per heavy atom. The molecule has 0 aromatic rings. The van der Waals surface area contributed by atoms with Crippen LogP contribution >= 0.6 is 0 Å². The highest BCUT2D eigenvalue weighted by molar-refractivity contribution is 4.83. The first-order valence-electron chi connectivity index (χ1n) is 7.88. The van der Waals surface area contributed by atoms with Crippen molar-refractivity contribution in [1.29, 1.82) is 0 Å². The lowest BCUT2D eigenvalue weighted by Crippen LogP contribution is -2.48. The lowest BCUT2D eigenvalue weighted by atomic mass is 9.97. The monoisotopic (exact) mass is 254 g/mol. The van der Waals surface area contributed by atoms with Gasteiger partial charge in [0, 0.05) is 25.2 Å². The summed E-state index contributed by atoms with van der Waals surface area (Å²) >= 11 is 0. The average Bonchev–Trinajstić information content (AvgIpc) is 2.88. The Hall–Kier alpha value is -0.120. The van der Waals surface area contributed by atoms with Gasteiger partial charge in [0.2, 0.25) is 0 Å². The minimum atomic E-state index is 0.549.